The molecular formula is C94H166N4O10. The Morgan fingerprint density at radius 2 is 0.500 bits per heavy atom. The molecule has 0 spiro atoms. The number of hydrogen-bond donors (Lipinski definition) is 2. The van der Waals surface area contributed by atoms with E-state index in [2.05, 4.69) is 152 Å². The van der Waals surface area contributed by atoms with Crippen LogP contribution in [-0.4, -0.2) is 123 Å². The van der Waals surface area contributed by atoms with Crippen LogP contribution in [0.4, 0.5) is 0 Å². The lowest BCUT2D eigenvalue weighted by Gasteiger charge is -2.29. The topological polar surface area (TPSA) is 170 Å². The summed E-state index contributed by atoms with van der Waals surface area (Å²) in [5, 5.41) is 5.67. The number of rotatable bonds is 77. The first-order valence-corrected chi connectivity index (χ1v) is 44.9. The van der Waals surface area contributed by atoms with Gasteiger partial charge < -0.3 is 29.6 Å². The average Bonchev–Trinajstić information content (AvgIpc) is 0.851. The molecule has 0 saturated carbocycles. The first-order chi connectivity index (χ1) is 53.0. The van der Waals surface area contributed by atoms with Crippen molar-refractivity contribution in [3.63, 3.8) is 0 Å². The van der Waals surface area contributed by atoms with Crippen molar-refractivity contribution in [2.24, 2.45) is 0 Å². The van der Waals surface area contributed by atoms with E-state index < -0.39 is 12.1 Å². The van der Waals surface area contributed by atoms with Crippen molar-refractivity contribution in [2.45, 2.75) is 400 Å². The van der Waals surface area contributed by atoms with Crippen LogP contribution in [0.1, 0.15) is 388 Å². The number of esters is 4. The molecule has 2 amide bonds. The van der Waals surface area contributed by atoms with E-state index in [4.69, 9.17) is 18.9 Å². The Morgan fingerprint density at radius 3 is 0.769 bits per heavy atom. The van der Waals surface area contributed by atoms with Gasteiger partial charge in [0.15, 0.2) is 0 Å². The van der Waals surface area contributed by atoms with Crippen LogP contribution in [0.3, 0.4) is 0 Å². The highest BCUT2D eigenvalue weighted by Gasteiger charge is 2.32. The van der Waals surface area contributed by atoms with Crippen LogP contribution in [0.2, 0.25) is 0 Å². The molecule has 1 rings (SSSR count). The van der Waals surface area contributed by atoms with Gasteiger partial charge in [-0.25, -0.2) is 0 Å². The minimum absolute atomic E-state index is 0.0926. The van der Waals surface area contributed by atoms with Gasteiger partial charge in [0.05, 0.1) is 0 Å². The van der Waals surface area contributed by atoms with Crippen molar-refractivity contribution in [1.29, 1.82) is 0 Å². The van der Waals surface area contributed by atoms with E-state index >= 15 is 0 Å². The maximum Gasteiger partial charge on any atom is 0.305 e. The quantitative estimate of drug-likeness (QED) is 0.0256. The van der Waals surface area contributed by atoms with Gasteiger partial charge in [0.25, 0.3) is 0 Å². The largest absolute Gasteiger partial charge is 0.464 e. The summed E-state index contributed by atoms with van der Waals surface area (Å²) < 4.78 is 22.2. The predicted octanol–water partition coefficient (Wildman–Crippen LogP) is 24.4. The van der Waals surface area contributed by atoms with Gasteiger partial charge in [-0.3, -0.25) is 38.6 Å². The predicted molar refractivity (Wildman–Crippen MR) is 457 cm³/mol. The number of ether oxygens (including phenoxy) is 4. The van der Waals surface area contributed by atoms with E-state index in [9.17, 15) is 28.8 Å². The van der Waals surface area contributed by atoms with E-state index in [-0.39, 0.29) is 35.7 Å². The molecule has 108 heavy (non-hydrogen) atoms. The molecule has 2 N–H and O–H groups in total. The summed E-state index contributed by atoms with van der Waals surface area (Å²) in [5.74, 6) is -0.759. The number of unbranched alkanes of at least 4 members (excludes halogenated alkanes) is 34. The van der Waals surface area contributed by atoms with Gasteiger partial charge in [-0.05, 0) is 199 Å². The highest BCUT2D eigenvalue weighted by Crippen LogP contribution is 2.16. The molecule has 14 nitrogen and oxygen atoms in total. The fourth-order valence-corrected chi connectivity index (χ4v) is 12.7. The van der Waals surface area contributed by atoms with Crippen molar-refractivity contribution in [3.8, 4) is 0 Å². The van der Waals surface area contributed by atoms with Gasteiger partial charge in [-0.2, -0.15) is 0 Å². The Kier molecular flexibility index (Phi) is 80.0. The summed E-state index contributed by atoms with van der Waals surface area (Å²) in [6.07, 6.45) is 94.4. The minimum Gasteiger partial charge on any atom is -0.464 e. The second-order valence-corrected chi connectivity index (χ2v) is 29.9. The third kappa shape index (κ3) is 74.7. The third-order valence-corrected chi connectivity index (χ3v) is 19.7. The molecular weight excluding hydrogens is 1350 g/mol. The molecule has 1 aliphatic heterocycles. The van der Waals surface area contributed by atoms with Crippen molar-refractivity contribution in [2.75, 3.05) is 65.7 Å². The number of carbonyl (C=O) groups excluding carboxylic acids is 6. The standard InChI is InChI=1S/C50H87N3O6.C44H79NO4/c1-4-7-9-11-13-15-17-19-21-23-25-27-29-31-33-38-47(54)58-43-41-53(40-36-35-37-46-50(57)51-45(6-3)49(56)52-46)42-44-59-48(55)39-34-32-30-28-26-24-22-20-18-16-14-12-10-8-5-2;1-4-7-10-12-14-16-18-20-22-24-26-28-30-32-34-36-43(46)48-41-39-45(38-9-6-3)40-42-49-44(47)37-35-33-31-29-27-25-23-21-19-17-15-13-11-8-5-2/h13-16,19-22,45-46H,4-12,17-18,23-44H2,1-3H3,(H,51,57)(H,52,56);14-17,20-23H,4-13,18-19,24-42H2,1-3H3/b15-13-,16-14-,21-19-,22-20-;16-14-,17-15-,22-20-,23-21-. The number of piperazine rings is 1. The van der Waals surface area contributed by atoms with Gasteiger partial charge in [0, 0.05) is 51.9 Å². The zero-order valence-corrected chi connectivity index (χ0v) is 70.6. The van der Waals surface area contributed by atoms with Crippen LogP contribution in [-0.2, 0) is 47.7 Å². The Bertz CT molecular complexity index is 2200. The Balaban J connectivity index is 0.00000216. The van der Waals surface area contributed by atoms with Gasteiger partial charge in [0.2, 0.25) is 11.8 Å². The summed E-state index contributed by atoms with van der Waals surface area (Å²) in [6, 6.07) is -0.964. The van der Waals surface area contributed by atoms with Gasteiger partial charge in [-0.1, -0.05) is 274 Å². The fraction of sp³-hybridized carbons (Fsp3) is 0.766. The van der Waals surface area contributed by atoms with E-state index in [0.29, 0.717) is 97.7 Å². The molecule has 0 aromatic heterocycles. The van der Waals surface area contributed by atoms with Crippen molar-refractivity contribution in [3.05, 3.63) is 97.2 Å². The first kappa shape index (κ1) is 103. The molecule has 0 aliphatic carbocycles. The molecule has 1 aliphatic rings. The molecule has 0 radical (unpaired) electrons. The molecule has 0 bridgehead atoms. The van der Waals surface area contributed by atoms with Crippen LogP contribution >= 0.6 is 0 Å². The van der Waals surface area contributed by atoms with Gasteiger partial charge in [0.1, 0.15) is 38.5 Å². The summed E-state index contributed by atoms with van der Waals surface area (Å²) in [6.45, 7) is 18.5. The van der Waals surface area contributed by atoms with E-state index in [0.717, 1.165) is 148 Å². The van der Waals surface area contributed by atoms with Gasteiger partial charge in [-0.15, -0.1) is 0 Å². The Hall–Kier alpha value is -5.34. The highest BCUT2D eigenvalue weighted by atomic mass is 16.5. The molecule has 14 heteroatoms. The minimum atomic E-state index is -0.510. The van der Waals surface area contributed by atoms with E-state index in [1.165, 1.54) is 167 Å². The Morgan fingerprint density at radius 1 is 0.269 bits per heavy atom. The lowest BCUT2D eigenvalue weighted by Crippen LogP contribution is -2.61. The maximum absolute atomic E-state index is 12.5. The van der Waals surface area contributed by atoms with Crippen LogP contribution in [0, 0.1) is 0 Å². The lowest BCUT2D eigenvalue weighted by atomic mass is 10.0. The number of nitrogens with one attached hydrogen (secondary N) is 2. The number of carbonyl (C=O) groups is 6. The second kappa shape index (κ2) is 84.1. The molecule has 0 aromatic carbocycles. The van der Waals surface area contributed by atoms with E-state index in [1.807, 2.05) is 6.92 Å². The van der Waals surface area contributed by atoms with Crippen molar-refractivity contribution < 1.29 is 47.7 Å². The SMILES string of the molecule is CCCCC/C=C\C/C=C\CCCCCCCC(=O)OCCN(CCCC)CCOC(=O)CCCCCCC/C=C\C/C=C\CCCCC.CCCCC/C=C\C/C=C\CCCCCCCC(=O)OCCN(CCCCC1NC(=O)C(CC)NC1=O)CCOC(=O)CCCCCCC/C=C\C/C=C\CCCCC. The molecule has 622 valence electrons. The molecule has 2 atom stereocenters. The maximum atomic E-state index is 12.5. The molecule has 2 unspecified atom stereocenters. The molecule has 1 fully saturated rings. The average molecular weight is 1510 g/mol. The van der Waals surface area contributed by atoms with Crippen molar-refractivity contribution in [1.82, 2.24) is 20.4 Å². The Labute approximate surface area is 663 Å². The van der Waals surface area contributed by atoms with Gasteiger partial charge >= 0.3 is 23.9 Å². The summed E-state index contributed by atoms with van der Waals surface area (Å²) in [5.41, 5.74) is 0. The molecule has 0 aromatic rings. The lowest BCUT2D eigenvalue weighted by molar-refractivity contribution is -0.146. The van der Waals surface area contributed by atoms with Crippen molar-refractivity contribution >= 4 is 35.7 Å². The molecule has 1 saturated heterocycles. The molecule has 1 heterocycles. The third-order valence-electron chi connectivity index (χ3n) is 19.7. The normalized spacial score (nSPS) is 14.2. The number of allylic oxidation sites excluding steroid dienone is 16. The number of nitrogens with zero attached hydrogens (tertiary/aromatic N) is 2. The zero-order valence-electron chi connectivity index (χ0n) is 70.6. The number of hydrogen-bond acceptors (Lipinski definition) is 12. The summed E-state index contributed by atoms with van der Waals surface area (Å²) >= 11 is 0. The zero-order chi connectivity index (χ0) is 78.6. The smallest absolute Gasteiger partial charge is 0.305 e. The fourth-order valence-electron chi connectivity index (χ4n) is 12.7. The monoisotopic (exact) mass is 1510 g/mol. The van der Waals surface area contributed by atoms with Crippen LogP contribution in [0.15, 0.2) is 97.2 Å². The van der Waals surface area contributed by atoms with E-state index in [1.54, 1.807) is 0 Å². The van der Waals surface area contributed by atoms with Crippen LogP contribution in [0.5, 0.6) is 0 Å². The highest BCUT2D eigenvalue weighted by molar-refractivity contribution is 5.96. The summed E-state index contributed by atoms with van der Waals surface area (Å²) in [4.78, 5) is 78.5. The number of amides is 2. The summed E-state index contributed by atoms with van der Waals surface area (Å²) in [7, 11) is 0. The van der Waals surface area contributed by atoms with Crippen LogP contribution < -0.4 is 10.6 Å². The first-order valence-electron chi connectivity index (χ1n) is 44.9. The second-order valence-electron chi connectivity index (χ2n) is 29.9. The van der Waals surface area contributed by atoms with Crippen LogP contribution in [0.25, 0.3) is 0 Å².